The Morgan fingerprint density at radius 3 is 3.00 bits per heavy atom. The highest BCUT2D eigenvalue weighted by molar-refractivity contribution is 5.93. The molecule has 1 unspecified atom stereocenters. The Morgan fingerprint density at radius 1 is 1.47 bits per heavy atom. The molecule has 1 aromatic rings. The smallest absolute Gasteiger partial charge is 0.252 e. The molecule has 1 atom stereocenters. The van der Waals surface area contributed by atoms with Crippen LogP contribution in [0.25, 0.3) is 0 Å². The number of carbonyl (C=O) groups excluding carboxylic acids is 1. The molecule has 17 heavy (non-hydrogen) atoms. The Labute approximate surface area is 99.2 Å². The highest BCUT2D eigenvalue weighted by Gasteiger charge is 2.15. The lowest BCUT2D eigenvalue weighted by atomic mass is 10.1. The van der Waals surface area contributed by atoms with Gasteiger partial charge in [0.25, 0.3) is 5.91 Å². The molecule has 1 saturated heterocycles. The maximum atomic E-state index is 11.7. The van der Waals surface area contributed by atoms with Gasteiger partial charge >= 0.3 is 0 Å². The van der Waals surface area contributed by atoms with E-state index in [-0.39, 0.29) is 17.6 Å². The van der Waals surface area contributed by atoms with E-state index < -0.39 is 0 Å². The number of carbonyl (C=O) groups is 1. The van der Waals surface area contributed by atoms with E-state index in [0.29, 0.717) is 12.1 Å². The Kier molecular flexibility index (Phi) is 3.93. The fourth-order valence-corrected chi connectivity index (χ4v) is 1.83. The first-order valence-corrected chi connectivity index (χ1v) is 5.84. The predicted octanol–water partition coefficient (Wildman–Crippen LogP) is 0.674. The van der Waals surface area contributed by atoms with Gasteiger partial charge in [-0.05, 0) is 25.3 Å². The molecule has 0 saturated carbocycles. The van der Waals surface area contributed by atoms with Gasteiger partial charge in [-0.2, -0.15) is 0 Å². The zero-order valence-corrected chi connectivity index (χ0v) is 9.57. The number of rotatable bonds is 3. The van der Waals surface area contributed by atoms with Crippen molar-refractivity contribution < 1.29 is 9.53 Å². The molecule has 0 spiro atoms. The number of amides is 1. The van der Waals surface area contributed by atoms with Crippen LogP contribution in [0.1, 0.15) is 29.6 Å². The van der Waals surface area contributed by atoms with Crippen molar-refractivity contribution in [3.63, 3.8) is 0 Å². The molecule has 5 heteroatoms. The van der Waals surface area contributed by atoms with Gasteiger partial charge in [-0.25, -0.2) is 0 Å². The van der Waals surface area contributed by atoms with Crippen LogP contribution >= 0.6 is 0 Å². The Bertz CT molecular complexity index is 415. The molecule has 2 N–H and O–H groups in total. The Hall–Kier alpha value is -1.62. The average Bonchev–Trinajstić information content (AvgIpc) is 2.38. The monoisotopic (exact) mass is 236 g/mol. The highest BCUT2D eigenvalue weighted by atomic mass is 16.5. The van der Waals surface area contributed by atoms with E-state index in [1.165, 1.54) is 18.3 Å². The second kappa shape index (κ2) is 5.63. The molecule has 1 aromatic heterocycles. The van der Waals surface area contributed by atoms with Crippen molar-refractivity contribution in [3.8, 4) is 0 Å². The van der Waals surface area contributed by atoms with Crippen LogP contribution in [0.4, 0.5) is 0 Å². The van der Waals surface area contributed by atoms with E-state index >= 15 is 0 Å². The molecule has 2 rings (SSSR count). The SMILES string of the molecule is O=C(NCC1CCCCO1)c1ccc(=O)[nH]c1. The van der Waals surface area contributed by atoms with E-state index in [2.05, 4.69) is 10.3 Å². The minimum absolute atomic E-state index is 0.121. The summed E-state index contributed by atoms with van der Waals surface area (Å²) in [4.78, 5) is 25.0. The molecule has 1 aliphatic heterocycles. The van der Waals surface area contributed by atoms with Gasteiger partial charge in [-0.3, -0.25) is 9.59 Å². The van der Waals surface area contributed by atoms with Crippen LogP contribution in [-0.2, 0) is 4.74 Å². The van der Waals surface area contributed by atoms with Crippen LogP contribution in [0, 0.1) is 0 Å². The quantitative estimate of drug-likeness (QED) is 0.810. The van der Waals surface area contributed by atoms with Crippen molar-refractivity contribution in [2.75, 3.05) is 13.2 Å². The molecular weight excluding hydrogens is 220 g/mol. The zero-order chi connectivity index (χ0) is 12.1. The van der Waals surface area contributed by atoms with Crippen molar-refractivity contribution in [1.29, 1.82) is 0 Å². The third kappa shape index (κ3) is 3.42. The highest BCUT2D eigenvalue weighted by Crippen LogP contribution is 2.11. The number of H-pyrrole nitrogens is 1. The summed E-state index contributed by atoms with van der Waals surface area (Å²) in [5.74, 6) is -0.185. The van der Waals surface area contributed by atoms with Crippen molar-refractivity contribution in [2.24, 2.45) is 0 Å². The Morgan fingerprint density at radius 2 is 2.35 bits per heavy atom. The summed E-state index contributed by atoms with van der Waals surface area (Å²) in [5.41, 5.74) is 0.248. The summed E-state index contributed by atoms with van der Waals surface area (Å²) < 4.78 is 5.51. The van der Waals surface area contributed by atoms with Crippen molar-refractivity contribution in [1.82, 2.24) is 10.3 Å². The van der Waals surface area contributed by atoms with Crippen LogP contribution in [0.3, 0.4) is 0 Å². The second-order valence-corrected chi connectivity index (χ2v) is 4.14. The van der Waals surface area contributed by atoms with E-state index in [0.717, 1.165) is 25.9 Å². The summed E-state index contributed by atoms with van der Waals surface area (Å²) >= 11 is 0. The fourth-order valence-electron chi connectivity index (χ4n) is 1.83. The molecule has 1 amide bonds. The van der Waals surface area contributed by atoms with Gasteiger partial charge in [-0.15, -0.1) is 0 Å². The number of aromatic nitrogens is 1. The lowest BCUT2D eigenvalue weighted by Gasteiger charge is -2.22. The fraction of sp³-hybridized carbons (Fsp3) is 0.500. The number of aromatic amines is 1. The maximum absolute atomic E-state index is 11.7. The predicted molar refractivity (Wildman–Crippen MR) is 63.0 cm³/mol. The van der Waals surface area contributed by atoms with E-state index in [1.54, 1.807) is 0 Å². The number of hydrogen-bond acceptors (Lipinski definition) is 3. The molecule has 0 radical (unpaired) electrons. The van der Waals surface area contributed by atoms with Gasteiger partial charge in [0.15, 0.2) is 0 Å². The van der Waals surface area contributed by atoms with Crippen molar-refractivity contribution in [2.45, 2.75) is 25.4 Å². The first kappa shape index (κ1) is 11.9. The molecule has 2 heterocycles. The summed E-state index contributed by atoms with van der Waals surface area (Å²) in [7, 11) is 0. The molecule has 1 aliphatic rings. The Balaban J connectivity index is 1.84. The zero-order valence-electron chi connectivity index (χ0n) is 9.57. The maximum Gasteiger partial charge on any atom is 0.252 e. The van der Waals surface area contributed by atoms with Gasteiger partial charge in [0.2, 0.25) is 5.56 Å². The normalized spacial score (nSPS) is 19.9. The van der Waals surface area contributed by atoms with E-state index in [9.17, 15) is 9.59 Å². The lowest BCUT2D eigenvalue weighted by molar-refractivity contribution is 0.0169. The average molecular weight is 236 g/mol. The molecule has 0 bridgehead atoms. The summed E-state index contributed by atoms with van der Waals surface area (Å²) in [6, 6.07) is 2.85. The molecule has 92 valence electrons. The van der Waals surface area contributed by atoms with Gasteiger partial charge in [0, 0.05) is 25.4 Å². The van der Waals surface area contributed by atoms with Crippen molar-refractivity contribution >= 4 is 5.91 Å². The topological polar surface area (TPSA) is 71.2 Å². The van der Waals surface area contributed by atoms with Gasteiger partial charge < -0.3 is 15.0 Å². The van der Waals surface area contributed by atoms with E-state index in [4.69, 9.17) is 4.74 Å². The largest absolute Gasteiger partial charge is 0.376 e. The van der Waals surface area contributed by atoms with Crippen LogP contribution in [-0.4, -0.2) is 30.1 Å². The van der Waals surface area contributed by atoms with E-state index in [1.807, 2.05) is 0 Å². The van der Waals surface area contributed by atoms with Gasteiger partial charge in [0.05, 0.1) is 11.7 Å². The van der Waals surface area contributed by atoms with Crippen LogP contribution < -0.4 is 10.9 Å². The van der Waals surface area contributed by atoms with Crippen LogP contribution in [0.15, 0.2) is 23.1 Å². The summed E-state index contributed by atoms with van der Waals surface area (Å²) in [6.45, 7) is 1.30. The number of ether oxygens (including phenoxy) is 1. The lowest BCUT2D eigenvalue weighted by Crippen LogP contribution is -2.35. The van der Waals surface area contributed by atoms with Gasteiger partial charge in [-0.1, -0.05) is 0 Å². The first-order valence-electron chi connectivity index (χ1n) is 5.84. The van der Waals surface area contributed by atoms with Crippen LogP contribution in [0.2, 0.25) is 0 Å². The summed E-state index contributed by atoms with van der Waals surface area (Å²) in [5, 5.41) is 2.80. The third-order valence-corrected chi connectivity index (χ3v) is 2.81. The van der Waals surface area contributed by atoms with Gasteiger partial charge in [0.1, 0.15) is 0 Å². The minimum atomic E-state index is -0.211. The van der Waals surface area contributed by atoms with Crippen molar-refractivity contribution in [3.05, 3.63) is 34.2 Å². The molecule has 0 aliphatic carbocycles. The number of pyridine rings is 1. The standard InChI is InChI=1S/C12H16N2O3/c15-11-5-4-9(7-13-11)12(16)14-8-10-3-1-2-6-17-10/h4-5,7,10H,1-3,6,8H2,(H,13,15)(H,14,16). The van der Waals surface area contributed by atoms with Crippen LogP contribution in [0.5, 0.6) is 0 Å². The molecular formula is C12H16N2O3. The minimum Gasteiger partial charge on any atom is -0.376 e. The first-order chi connectivity index (χ1) is 8.25. The molecule has 5 nitrogen and oxygen atoms in total. The molecule has 1 fully saturated rings. The number of hydrogen-bond donors (Lipinski definition) is 2. The number of nitrogens with one attached hydrogen (secondary N) is 2. The third-order valence-electron chi connectivity index (χ3n) is 2.81. The second-order valence-electron chi connectivity index (χ2n) is 4.14. The summed E-state index contributed by atoms with van der Waals surface area (Å²) in [6.07, 6.45) is 4.78. The molecule has 0 aromatic carbocycles.